The normalized spacial score (nSPS) is 48.7. The van der Waals surface area contributed by atoms with Crippen LogP contribution in [0, 0.1) is 50.2 Å². The van der Waals surface area contributed by atoms with E-state index in [9.17, 15) is 14.8 Å². The number of carbonyl (C=O) groups excluding carboxylic acids is 2. The maximum Gasteiger partial charge on any atom is 0.251 e. The van der Waals surface area contributed by atoms with E-state index in [0.29, 0.717) is 18.1 Å². The quantitative estimate of drug-likeness (QED) is 0.316. The van der Waals surface area contributed by atoms with Crippen molar-refractivity contribution in [2.24, 2.45) is 55.4 Å². The largest absolute Gasteiger partial charge is 0.399 e. The molecule has 5 rings (SSSR count). The Morgan fingerprint density at radius 2 is 1.68 bits per heavy atom. The van der Waals surface area contributed by atoms with Gasteiger partial charge in [0.15, 0.2) is 5.78 Å². The third kappa shape index (κ3) is 3.43. The van der Waals surface area contributed by atoms with Crippen LogP contribution >= 0.6 is 0 Å². The summed E-state index contributed by atoms with van der Waals surface area (Å²) >= 11 is 0. The number of hydroxylamine groups is 2. The summed E-state index contributed by atoms with van der Waals surface area (Å²) in [5, 5.41) is 15.3. The zero-order valence-corrected chi connectivity index (χ0v) is 25.2. The number of allylic oxidation sites excluding steroid dienone is 2. The lowest BCUT2D eigenvalue weighted by molar-refractivity contribution is -0.182. The van der Waals surface area contributed by atoms with Crippen molar-refractivity contribution in [3.05, 3.63) is 11.6 Å². The molecule has 6 heteroatoms. The highest BCUT2D eigenvalue weighted by atomic mass is 16.6. The van der Waals surface area contributed by atoms with Crippen LogP contribution in [0.25, 0.3) is 0 Å². The summed E-state index contributed by atoms with van der Waals surface area (Å²) < 4.78 is 0. The van der Waals surface area contributed by atoms with Crippen molar-refractivity contribution in [1.82, 2.24) is 5.06 Å². The molecule has 0 aromatic carbocycles. The Morgan fingerprint density at radius 3 is 2.32 bits per heavy atom. The van der Waals surface area contributed by atoms with Crippen molar-refractivity contribution in [3.8, 4) is 0 Å². The van der Waals surface area contributed by atoms with Gasteiger partial charge in [0, 0.05) is 23.8 Å². The molecule has 38 heavy (non-hydrogen) atoms. The zero-order chi connectivity index (χ0) is 28.1. The van der Waals surface area contributed by atoms with Crippen LogP contribution in [-0.2, 0) is 14.4 Å². The molecule has 0 aromatic rings. The lowest BCUT2D eigenvalue weighted by Crippen LogP contribution is -2.66. The average Bonchev–Trinajstić information content (AvgIpc) is 2.82. The number of ketones is 1. The number of oxime groups is 1. The van der Waals surface area contributed by atoms with Gasteiger partial charge >= 0.3 is 0 Å². The predicted molar refractivity (Wildman–Crippen MR) is 148 cm³/mol. The maximum absolute atomic E-state index is 14.4. The molecular formula is C32H50N2O4. The minimum Gasteiger partial charge on any atom is -0.399 e. The fourth-order valence-electron chi connectivity index (χ4n) is 10.8. The van der Waals surface area contributed by atoms with E-state index < -0.39 is 5.41 Å². The van der Waals surface area contributed by atoms with Crippen LogP contribution in [0.2, 0.25) is 0 Å². The molecule has 5 aliphatic carbocycles. The maximum atomic E-state index is 14.4. The molecule has 5 aliphatic rings. The minimum absolute atomic E-state index is 0.0181. The van der Waals surface area contributed by atoms with Gasteiger partial charge < -0.3 is 4.84 Å². The van der Waals surface area contributed by atoms with Gasteiger partial charge in [0.05, 0.1) is 5.71 Å². The summed E-state index contributed by atoms with van der Waals surface area (Å²) in [5.41, 5.74) is 1.49. The average molecular weight is 527 g/mol. The van der Waals surface area contributed by atoms with Crippen LogP contribution in [0.3, 0.4) is 0 Å². The van der Waals surface area contributed by atoms with Gasteiger partial charge in [-0.3, -0.25) is 14.8 Å². The lowest BCUT2D eigenvalue weighted by Gasteiger charge is -2.70. The molecule has 4 fully saturated rings. The van der Waals surface area contributed by atoms with Gasteiger partial charge in [-0.25, -0.2) is 5.06 Å². The predicted octanol–water partition coefficient (Wildman–Crippen LogP) is 6.82. The molecule has 3 unspecified atom stereocenters. The number of rotatable bonds is 2. The molecule has 0 heterocycles. The number of amides is 1. The highest BCUT2D eigenvalue weighted by Gasteiger charge is 2.70. The van der Waals surface area contributed by atoms with Crippen LogP contribution in [0.15, 0.2) is 16.8 Å². The Bertz CT molecular complexity index is 1110. The van der Waals surface area contributed by atoms with Gasteiger partial charge in [0.25, 0.3) is 5.91 Å². The molecule has 212 valence electrons. The van der Waals surface area contributed by atoms with E-state index >= 15 is 0 Å². The highest BCUT2D eigenvalue weighted by molar-refractivity contribution is 5.97. The van der Waals surface area contributed by atoms with E-state index in [-0.39, 0.29) is 44.8 Å². The standard InChI is InChI=1S/C32H50N2O4/c1-27(2)23-10-13-32(7)25(30(23,5)12-11-24(27)33-38-9)22(35)18-20-21-19-29(4,26(36)34(8)37)15-14-28(21,3)16-17-31(20,32)6/h18,21,23,25,37H,10-17,19H2,1-9H3/b33-24+/t21?,23?,25?,28-,29+,30+,31-,32-/m1/s1. The van der Waals surface area contributed by atoms with Gasteiger partial charge in [-0.05, 0) is 97.4 Å². The Balaban J connectivity index is 1.59. The third-order valence-corrected chi connectivity index (χ3v) is 13.4. The van der Waals surface area contributed by atoms with E-state index in [2.05, 4.69) is 52.8 Å². The van der Waals surface area contributed by atoms with E-state index in [1.807, 2.05) is 6.92 Å². The van der Waals surface area contributed by atoms with Gasteiger partial charge in [-0.15, -0.1) is 0 Å². The van der Waals surface area contributed by atoms with Crippen LogP contribution in [0.4, 0.5) is 0 Å². The van der Waals surface area contributed by atoms with Crippen molar-refractivity contribution in [2.75, 3.05) is 14.2 Å². The Morgan fingerprint density at radius 1 is 1.03 bits per heavy atom. The number of fused-ring (bicyclic) bond motifs is 7. The molecule has 0 bridgehead atoms. The van der Waals surface area contributed by atoms with Gasteiger partial charge in [-0.2, -0.15) is 0 Å². The summed E-state index contributed by atoms with van der Waals surface area (Å²) in [7, 11) is 3.07. The second kappa shape index (κ2) is 8.41. The summed E-state index contributed by atoms with van der Waals surface area (Å²) in [6.07, 6.45) is 10.7. The third-order valence-electron chi connectivity index (χ3n) is 13.4. The van der Waals surface area contributed by atoms with Crippen molar-refractivity contribution < 1.29 is 19.6 Å². The smallest absolute Gasteiger partial charge is 0.251 e. The minimum atomic E-state index is -0.609. The van der Waals surface area contributed by atoms with Crippen LogP contribution in [-0.4, -0.2) is 41.8 Å². The first-order chi connectivity index (χ1) is 17.5. The molecule has 0 saturated heterocycles. The lowest BCUT2D eigenvalue weighted by atomic mass is 9.33. The molecule has 0 radical (unpaired) electrons. The van der Waals surface area contributed by atoms with Crippen LogP contribution < -0.4 is 0 Å². The Hall–Kier alpha value is -1.69. The highest BCUT2D eigenvalue weighted by Crippen LogP contribution is 2.75. The Kier molecular flexibility index (Phi) is 6.16. The Labute approximate surface area is 229 Å². The summed E-state index contributed by atoms with van der Waals surface area (Å²) in [5.74, 6) is 0.638. The molecule has 1 amide bonds. The first-order valence-electron chi connectivity index (χ1n) is 14.8. The monoisotopic (exact) mass is 526 g/mol. The number of carbonyl (C=O) groups is 2. The van der Waals surface area contributed by atoms with Crippen LogP contribution in [0.1, 0.15) is 106 Å². The van der Waals surface area contributed by atoms with Gasteiger partial charge in [0.2, 0.25) is 0 Å². The molecule has 0 aliphatic heterocycles. The number of hydrogen-bond acceptors (Lipinski definition) is 5. The topological polar surface area (TPSA) is 79.2 Å². The van der Waals surface area contributed by atoms with Crippen molar-refractivity contribution in [1.29, 1.82) is 0 Å². The molecule has 8 atom stereocenters. The fourth-order valence-corrected chi connectivity index (χ4v) is 10.8. The van der Waals surface area contributed by atoms with E-state index in [1.165, 1.54) is 12.6 Å². The van der Waals surface area contributed by atoms with Crippen molar-refractivity contribution in [3.63, 3.8) is 0 Å². The summed E-state index contributed by atoms with van der Waals surface area (Å²) in [6.45, 7) is 16.3. The van der Waals surface area contributed by atoms with E-state index in [1.54, 1.807) is 7.11 Å². The SMILES string of the molecule is CO/N=C1\CC[C@@]2(C)C(CC[C@]3(C)C2C(=O)C=C2C4C[C@@](C)(C(=O)N(C)O)CC[C@]4(C)CC[C@]23C)C1(C)C. The van der Waals surface area contributed by atoms with E-state index in [4.69, 9.17) is 4.84 Å². The summed E-state index contributed by atoms with van der Waals surface area (Å²) in [6, 6.07) is 0. The molecule has 0 spiro atoms. The van der Waals surface area contributed by atoms with Crippen molar-refractivity contribution in [2.45, 2.75) is 106 Å². The van der Waals surface area contributed by atoms with E-state index in [0.717, 1.165) is 62.1 Å². The second-order valence-electron chi connectivity index (χ2n) is 15.5. The molecule has 4 saturated carbocycles. The number of hydrogen-bond donors (Lipinski definition) is 1. The molecular weight excluding hydrogens is 476 g/mol. The molecule has 6 nitrogen and oxygen atoms in total. The molecule has 1 N–H and O–H groups in total. The van der Waals surface area contributed by atoms with Gasteiger partial charge in [0.1, 0.15) is 7.11 Å². The van der Waals surface area contributed by atoms with Crippen LogP contribution in [0.5, 0.6) is 0 Å². The number of nitrogens with zero attached hydrogens (tertiary/aromatic N) is 2. The first-order valence-corrected chi connectivity index (χ1v) is 14.8. The summed E-state index contributed by atoms with van der Waals surface area (Å²) in [4.78, 5) is 32.8. The fraction of sp³-hybridized carbons (Fsp3) is 0.844. The van der Waals surface area contributed by atoms with Crippen molar-refractivity contribution >= 4 is 17.4 Å². The second-order valence-corrected chi connectivity index (χ2v) is 15.5. The van der Waals surface area contributed by atoms with Gasteiger partial charge in [-0.1, -0.05) is 59.2 Å². The molecule has 0 aromatic heterocycles. The zero-order valence-electron chi connectivity index (χ0n) is 25.2. The first kappa shape index (κ1) is 27.9.